The van der Waals surface area contributed by atoms with E-state index in [4.69, 9.17) is 9.88 Å². The van der Waals surface area contributed by atoms with Gasteiger partial charge in [0.1, 0.15) is 14.5 Å². The minimum atomic E-state index is -3.25. The van der Waals surface area contributed by atoms with Crippen molar-refractivity contribution in [1.29, 1.82) is 0 Å². The number of nitrogens with two attached hydrogens (primary N) is 1. The summed E-state index contributed by atoms with van der Waals surface area (Å²) in [6.07, 6.45) is 0.409. The number of thioether (sulfide) groups is 1. The number of hydrogen-bond donors (Lipinski definition) is 2. The lowest BCUT2D eigenvalue weighted by Gasteiger charge is -2.21. The summed E-state index contributed by atoms with van der Waals surface area (Å²) < 4.78 is 21.8. The molecule has 0 saturated carbocycles. The second-order valence-electron chi connectivity index (χ2n) is 9.24. The van der Waals surface area contributed by atoms with Crippen molar-refractivity contribution in [3.63, 3.8) is 0 Å². The second-order valence-corrected chi connectivity index (χ2v) is 12.6. The number of carbonyl (C=O) groups is 1. The predicted molar refractivity (Wildman–Crippen MR) is 129 cm³/mol. The number of benzene rings is 1. The summed E-state index contributed by atoms with van der Waals surface area (Å²) in [5.41, 5.74) is 3.89. The van der Waals surface area contributed by atoms with Crippen LogP contribution in [0.2, 0.25) is 0 Å². The topological polar surface area (TPSA) is 102 Å². The maximum absolute atomic E-state index is 13.1. The van der Waals surface area contributed by atoms with Crippen LogP contribution in [0.5, 0.6) is 0 Å². The molecule has 2 rings (SSSR count). The molecule has 1 heterocycles. The van der Waals surface area contributed by atoms with Gasteiger partial charge in [-0.3, -0.25) is 4.79 Å². The molecule has 2 atom stereocenters. The highest BCUT2D eigenvalue weighted by Gasteiger charge is 2.33. The Morgan fingerprint density at radius 3 is 2.26 bits per heavy atom. The van der Waals surface area contributed by atoms with E-state index in [0.717, 1.165) is 27.8 Å². The third-order valence-corrected chi connectivity index (χ3v) is 8.88. The van der Waals surface area contributed by atoms with Crippen LogP contribution >= 0.6 is 11.8 Å². The van der Waals surface area contributed by atoms with E-state index >= 15 is 0 Å². The molecule has 0 saturated heterocycles. The van der Waals surface area contributed by atoms with E-state index in [2.05, 4.69) is 44.2 Å². The van der Waals surface area contributed by atoms with Crippen LogP contribution in [0.4, 0.5) is 0 Å². The zero-order chi connectivity index (χ0) is 23.6. The Morgan fingerprint density at radius 2 is 1.84 bits per heavy atom. The van der Waals surface area contributed by atoms with E-state index < -0.39 is 26.0 Å². The molecule has 1 aromatic carbocycles. The van der Waals surface area contributed by atoms with Crippen LogP contribution in [-0.2, 0) is 32.5 Å². The maximum Gasteiger partial charge on any atom is 0.259 e. The normalized spacial score (nSPS) is 18.9. The van der Waals surface area contributed by atoms with E-state index in [1.165, 1.54) is 11.8 Å². The van der Waals surface area contributed by atoms with Crippen LogP contribution in [0.15, 0.2) is 27.5 Å². The monoisotopic (exact) mass is 468 g/mol. The SMILES string of the molecule is COCc1cc(C(C)C)c(CC(=O)N=[S@@](N)(=O)C2CC(C(C)(C)O)=CS2)c(C(C)C)c1. The first kappa shape index (κ1) is 26.1. The predicted octanol–water partition coefficient (Wildman–Crippen LogP) is 4.61. The minimum Gasteiger partial charge on any atom is -0.386 e. The summed E-state index contributed by atoms with van der Waals surface area (Å²) in [7, 11) is -1.59. The zero-order valence-electron chi connectivity index (χ0n) is 19.6. The van der Waals surface area contributed by atoms with Gasteiger partial charge in [0.25, 0.3) is 5.91 Å². The van der Waals surface area contributed by atoms with Gasteiger partial charge in [-0.15, -0.1) is 16.1 Å². The fraction of sp³-hybridized carbons (Fsp3) is 0.609. The van der Waals surface area contributed by atoms with E-state index in [0.29, 0.717) is 13.0 Å². The summed E-state index contributed by atoms with van der Waals surface area (Å²) in [6.45, 7) is 12.2. The standard InChI is InChI=1S/C23H36N2O4S2/c1-14(2)18-8-16(12-29-7)9-19(15(3)4)20(18)11-21(26)25-31(24,28)22-10-17(13-30-22)23(5,6)27/h8-9,13-15,22,27H,10-12H2,1-7H3,(H2,24,25,26,28)/t22?,31-/m1/s1. The first-order chi connectivity index (χ1) is 14.3. The molecule has 0 bridgehead atoms. The van der Waals surface area contributed by atoms with Crippen molar-refractivity contribution in [3.8, 4) is 0 Å². The highest BCUT2D eigenvalue weighted by molar-refractivity contribution is 8.15. The van der Waals surface area contributed by atoms with Crippen molar-refractivity contribution in [3.05, 3.63) is 45.4 Å². The summed E-state index contributed by atoms with van der Waals surface area (Å²) in [4.78, 5) is 12.9. The zero-order valence-corrected chi connectivity index (χ0v) is 21.2. The number of methoxy groups -OCH3 is 1. The summed E-state index contributed by atoms with van der Waals surface area (Å²) >= 11 is 1.27. The van der Waals surface area contributed by atoms with Gasteiger partial charge in [-0.2, -0.15) is 0 Å². The van der Waals surface area contributed by atoms with Crippen molar-refractivity contribution in [1.82, 2.24) is 0 Å². The van der Waals surface area contributed by atoms with Gasteiger partial charge in [-0.25, -0.2) is 9.35 Å². The molecule has 0 aliphatic carbocycles. The van der Waals surface area contributed by atoms with Gasteiger partial charge in [-0.1, -0.05) is 39.8 Å². The van der Waals surface area contributed by atoms with Gasteiger partial charge >= 0.3 is 0 Å². The third kappa shape index (κ3) is 6.65. The molecule has 1 amide bonds. The van der Waals surface area contributed by atoms with Gasteiger partial charge in [0.15, 0.2) is 0 Å². The Morgan fingerprint density at radius 1 is 1.29 bits per heavy atom. The summed E-state index contributed by atoms with van der Waals surface area (Å²) in [5, 5.41) is 18.0. The average molecular weight is 469 g/mol. The number of amides is 1. The maximum atomic E-state index is 13.1. The van der Waals surface area contributed by atoms with Crippen LogP contribution in [-0.4, -0.2) is 32.5 Å². The van der Waals surface area contributed by atoms with Gasteiger partial charge in [0, 0.05) is 7.11 Å². The van der Waals surface area contributed by atoms with Gasteiger partial charge in [0.2, 0.25) is 0 Å². The summed E-state index contributed by atoms with van der Waals surface area (Å²) in [6, 6.07) is 4.16. The number of hydrogen-bond acceptors (Lipinski definition) is 5. The molecule has 1 unspecified atom stereocenters. The van der Waals surface area contributed by atoms with Crippen molar-refractivity contribution < 1.29 is 18.8 Å². The highest BCUT2D eigenvalue weighted by atomic mass is 32.3. The largest absolute Gasteiger partial charge is 0.386 e. The molecule has 0 radical (unpaired) electrons. The van der Waals surface area contributed by atoms with Gasteiger partial charge in [0.05, 0.1) is 18.6 Å². The Labute approximate surface area is 191 Å². The Hall–Kier alpha value is -1.19. The van der Waals surface area contributed by atoms with Crippen LogP contribution in [0.25, 0.3) is 0 Å². The molecule has 31 heavy (non-hydrogen) atoms. The molecule has 0 fully saturated rings. The Bertz CT molecular complexity index is 939. The first-order valence-corrected chi connectivity index (χ1v) is 13.1. The molecule has 1 aromatic rings. The number of ether oxygens (including phenoxy) is 1. The fourth-order valence-corrected chi connectivity index (χ4v) is 6.52. The van der Waals surface area contributed by atoms with E-state index in [1.54, 1.807) is 26.4 Å². The first-order valence-electron chi connectivity index (χ1n) is 10.5. The lowest BCUT2D eigenvalue weighted by Crippen LogP contribution is -2.28. The molecule has 1 aliphatic heterocycles. The molecule has 3 N–H and O–H groups in total. The number of rotatable bonds is 8. The van der Waals surface area contributed by atoms with Crippen LogP contribution in [0.1, 0.15) is 82.1 Å². The molecule has 174 valence electrons. The smallest absolute Gasteiger partial charge is 0.259 e. The molecule has 0 spiro atoms. The van der Waals surface area contributed by atoms with Crippen molar-refractivity contribution >= 4 is 27.6 Å². The lowest BCUT2D eigenvalue weighted by molar-refractivity contribution is -0.117. The average Bonchev–Trinajstić information content (AvgIpc) is 3.13. The van der Waals surface area contributed by atoms with E-state index in [1.807, 2.05) is 0 Å². The van der Waals surface area contributed by atoms with Crippen LogP contribution in [0, 0.1) is 0 Å². The molecule has 6 nitrogen and oxygen atoms in total. The van der Waals surface area contributed by atoms with Crippen molar-refractivity contribution in [2.24, 2.45) is 9.50 Å². The van der Waals surface area contributed by atoms with Crippen LogP contribution in [0.3, 0.4) is 0 Å². The Balaban J connectivity index is 2.35. The van der Waals surface area contributed by atoms with E-state index in [-0.39, 0.29) is 18.3 Å². The molecule has 0 aromatic heterocycles. The van der Waals surface area contributed by atoms with Crippen LogP contribution < -0.4 is 5.14 Å². The highest BCUT2D eigenvalue weighted by Crippen LogP contribution is 2.38. The van der Waals surface area contributed by atoms with Gasteiger partial charge in [-0.05, 0) is 65.3 Å². The fourth-order valence-electron chi connectivity index (χ4n) is 3.69. The number of carbonyl (C=O) groups excluding carboxylic acids is 1. The molecule has 1 aliphatic rings. The van der Waals surface area contributed by atoms with Crippen molar-refractivity contribution in [2.75, 3.05) is 7.11 Å². The molecular weight excluding hydrogens is 432 g/mol. The quantitative estimate of drug-likeness (QED) is 0.580. The lowest BCUT2D eigenvalue weighted by atomic mass is 9.85. The summed E-state index contributed by atoms with van der Waals surface area (Å²) in [5.74, 6) is -0.0559. The Kier molecular flexibility index (Phi) is 8.55. The minimum absolute atomic E-state index is 0.0612. The van der Waals surface area contributed by atoms with E-state index in [9.17, 15) is 14.1 Å². The second kappa shape index (κ2) is 10.2. The third-order valence-electron chi connectivity index (χ3n) is 5.42. The molecular formula is C23H36N2O4S2. The molecule has 8 heteroatoms. The number of aliphatic hydroxyl groups is 1. The van der Waals surface area contributed by atoms with Crippen molar-refractivity contribution in [2.45, 2.75) is 83.0 Å². The number of nitrogens with zero attached hydrogens (tertiary/aromatic N) is 1. The van der Waals surface area contributed by atoms with Gasteiger partial charge < -0.3 is 9.84 Å².